The van der Waals surface area contributed by atoms with Crippen molar-refractivity contribution < 1.29 is 24.5 Å². The molecule has 7 heteroatoms. The van der Waals surface area contributed by atoms with Crippen LogP contribution in [0, 0.1) is 0 Å². The predicted octanol–water partition coefficient (Wildman–Crippen LogP) is -1.41. The van der Waals surface area contributed by atoms with Crippen molar-refractivity contribution in [2.45, 2.75) is 25.0 Å². The van der Waals surface area contributed by atoms with Gasteiger partial charge in [0.2, 0.25) is 5.91 Å². The zero-order valence-corrected chi connectivity index (χ0v) is 10.8. The van der Waals surface area contributed by atoms with Crippen LogP contribution >= 0.6 is 0 Å². The van der Waals surface area contributed by atoms with E-state index >= 15 is 0 Å². The molecule has 7 nitrogen and oxygen atoms in total. The van der Waals surface area contributed by atoms with E-state index in [-0.39, 0.29) is 12.5 Å². The van der Waals surface area contributed by atoms with Gasteiger partial charge in [0.1, 0.15) is 5.76 Å². The van der Waals surface area contributed by atoms with Gasteiger partial charge >= 0.3 is 0 Å². The number of furan rings is 1. The molecule has 0 spiro atoms. The number of hydrogen-bond acceptors (Lipinski definition) is 6. The first kappa shape index (κ1) is 15.6. The standard InChI is InChI=1S/C12H20N2O5/c1-9(14-12(6-15,7-16)8-17)11(18)13-5-10-3-2-4-19-10/h2-4,9,14-17H,5-8H2,1H3,(H,13,18). The molecule has 1 heterocycles. The first-order valence-electron chi connectivity index (χ1n) is 5.97. The maximum atomic E-state index is 11.8. The summed E-state index contributed by atoms with van der Waals surface area (Å²) in [6, 6.07) is 2.77. The molecule has 5 N–H and O–H groups in total. The highest BCUT2D eigenvalue weighted by molar-refractivity contribution is 5.81. The van der Waals surface area contributed by atoms with Crippen molar-refractivity contribution in [3.63, 3.8) is 0 Å². The molecule has 1 rings (SSSR count). The van der Waals surface area contributed by atoms with Crippen LogP contribution in [-0.4, -0.2) is 52.6 Å². The topological polar surface area (TPSA) is 115 Å². The minimum Gasteiger partial charge on any atom is -0.467 e. The maximum absolute atomic E-state index is 11.8. The molecule has 0 aliphatic rings. The van der Waals surface area contributed by atoms with Crippen LogP contribution in [0.3, 0.4) is 0 Å². The minimum atomic E-state index is -1.28. The van der Waals surface area contributed by atoms with Gasteiger partial charge in [0.25, 0.3) is 0 Å². The second-order valence-corrected chi connectivity index (χ2v) is 4.42. The first-order chi connectivity index (χ1) is 9.06. The van der Waals surface area contributed by atoms with E-state index in [0.29, 0.717) is 5.76 Å². The summed E-state index contributed by atoms with van der Waals surface area (Å²) in [6.45, 7) is 0.400. The lowest BCUT2D eigenvalue weighted by atomic mass is 10.0. The molecule has 1 aromatic heterocycles. The smallest absolute Gasteiger partial charge is 0.237 e. The molecule has 0 bridgehead atoms. The summed E-state index contributed by atoms with van der Waals surface area (Å²) in [7, 11) is 0. The second-order valence-electron chi connectivity index (χ2n) is 4.42. The van der Waals surface area contributed by atoms with Crippen molar-refractivity contribution in [1.29, 1.82) is 0 Å². The van der Waals surface area contributed by atoms with E-state index in [1.165, 1.54) is 6.26 Å². The Morgan fingerprint density at radius 2 is 2.00 bits per heavy atom. The molecule has 0 fully saturated rings. The molecule has 19 heavy (non-hydrogen) atoms. The van der Waals surface area contributed by atoms with E-state index in [1.807, 2.05) is 0 Å². The van der Waals surface area contributed by atoms with Gasteiger partial charge in [-0.15, -0.1) is 0 Å². The van der Waals surface area contributed by atoms with Crippen LogP contribution in [0.15, 0.2) is 22.8 Å². The Bertz CT molecular complexity index is 367. The fraction of sp³-hybridized carbons (Fsp3) is 0.583. The molecule has 0 aliphatic carbocycles. The normalized spacial score (nSPS) is 13.3. The Hall–Kier alpha value is -1.41. The summed E-state index contributed by atoms with van der Waals surface area (Å²) in [5, 5.41) is 32.8. The lowest BCUT2D eigenvalue weighted by Gasteiger charge is -2.31. The van der Waals surface area contributed by atoms with Gasteiger partial charge in [-0.1, -0.05) is 0 Å². The third-order valence-electron chi connectivity index (χ3n) is 2.84. The monoisotopic (exact) mass is 272 g/mol. The Balaban J connectivity index is 2.47. The molecule has 0 saturated carbocycles. The molecule has 1 aromatic rings. The van der Waals surface area contributed by atoms with Crippen molar-refractivity contribution in [3.8, 4) is 0 Å². The quantitative estimate of drug-likeness (QED) is 0.397. The van der Waals surface area contributed by atoms with E-state index in [4.69, 9.17) is 19.7 Å². The first-order valence-corrected chi connectivity index (χ1v) is 5.97. The molecule has 0 radical (unpaired) electrons. The van der Waals surface area contributed by atoms with Crippen LogP contribution in [0.5, 0.6) is 0 Å². The summed E-state index contributed by atoms with van der Waals surface area (Å²) >= 11 is 0. The van der Waals surface area contributed by atoms with E-state index in [1.54, 1.807) is 19.1 Å². The highest BCUT2D eigenvalue weighted by Gasteiger charge is 2.31. The lowest BCUT2D eigenvalue weighted by Crippen LogP contribution is -2.60. The molecular weight excluding hydrogens is 252 g/mol. The second kappa shape index (κ2) is 7.25. The number of carbonyl (C=O) groups is 1. The fourth-order valence-corrected chi connectivity index (χ4v) is 1.55. The van der Waals surface area contributed by atoms with Gasteiger partial charge < -0.3 is 25.1 Å². The Kier molecular flexibility index (Phi) is 5.97. The van der Waals surface area contributed by atoms with Crippen LogP contribution in [0.1, 0.15) is 12.7 Å². The molecule has 1 unspecified atom stereocenters. The van der Waals surface area contributed by atoms with Gasteiger partial charge in [-0.05, 0) is 19.1 Å². The van der Waals surface area contributed by atoms with Gasteiger partial charge in [0.05, 0.1) is 44.2 Å². The highest BCUT2D eigenvalue weighted by Crippen LogP contribution is 2.04. The number of nitrogens with one attached hydrogen (secondary N) is 2. The summed E-state index contributed by atoms with van der Waals surface area (Å²) in [5.41, 5.74) is -1.28. The number of aliphatic hydroxyl groups is 3. The number of rotatable bonds is 8. The fourth-order valence-electron chi connectivity index (χ4n) is 1.55. The molecule has 1 amide bonds. The SMILES string of the molecule is CC(NC(CO)(CO)CO)C(=O)NCc1ccco1. The lowest BCUT2D eigenvalue weighted by molar-refractivity contribution is -0.124. The van der Waals surface area contributed by atoms with E-state index in [9.17, 15) is 4.79 Å². The van der Waals surface area contributed by atoms with E-state index < -0.39 is 31.4 Å². The zero-order valence-electron chi connectivity index (χ0n) is 10.8. The van der Waals surface area contributed by atoms with Crippen molar-refractivity contribution in [2.75, 3.05) is 19.8 Å². The van der Waals surface area contributed by atoms with Gasteiger partial charge in [-0.2, -0.15) is 0 Å². The zero-order chi connectivity index (χ0) is 14.3. The van der Waals surface area contributed by atoms with Crippen LogP contribution in [-0.2, 0) is 11.3 Å². The summed E-state index contributed by atoms with van der Waals surface area (Å²) in [5.74, 6) is 0.300. The van der Waals surface area contributed by atoms with Gasteiger partial charge in [0.15, 0.2) is 0 Å². The summed E-state index contributed by atoms with van der Waals surface area (Å²) < 4.78 is 5.07. The van der Waals surface area contributed by atoms with Crippen molar-refractivity contribution in [3.05, 3.63) is 24.2 Å². The third-order valence-corrected chi connectivity index (χ3v) is 2.84. The molecule has 0 aromatic carbocycles. The molecule has 1 atom stereocenters. The number of carbonyl (C=O) groups excluding carboxylic acids is 1. The summed E-state index contributed by atoms with van der Waals surface area (Å²) in [4.78, 5) is 11.8. The van der Waals surface area contributed by atoms with E-state index in [0.717, 1.165) is 0 Å². The van der Waals surface area contributed by atoms with Crippen LogP contribution in [0.25, 0.3) is 0 Å². The number of hydrogen-bond donors (Lipinski definition) is 5. The largest absolute Gasteiger partial charge is 0.467 e. The number of aliphatic hydroxyl groups excluding tert-OH is 3. The highest BCUT2D eigenvalue weighted by atomic mass is 16.3. The van der Waals surface area contributed by atoms with Crippen LogP contribution in [0.4, 0.5) is 0 Å². The molecule has 0 saturated heterocycles. The number of amides is 1. The van der Waals surface area contributed by atoms with Crippen LogP contribution < -0.4 is 10.6 Å². The Morgan fingerprint density at radius 1 is 1.37 bits per heavy atom. The Labute approximate surface area is 111 Å². The molecular formula is C12H20N2O5. The van der Waals surface area contributed by atoms with Crippen molar-refractivity contribution in [2.24, 2.45) is 0 Å². The predicted molar refractivity (Wildman–Crippen MR) is 67.1 cm³/mol. The van der Waals surface area contributed by atoms with Gasteiger partial charge in [-0.25, -0.2) is 0 Å². The maximum Gasteiger partial charge on any atom is 0.237 e. The van der Waals surface area contributed by atoms with Gasteiger partial charge in [-0.3, -0.25) is 10.1 Å². The Morgan fingerprint density at radius 3 is 2.47 bits per heavy atom. The summed E-state index contributed by atoms with van der Waals surface area (Å²) in [6.07, 6.45) is 1.51. The van der Waals surface area contributed by atoms with Crippen molar-refractivity contribution >= 4 is 5.91 Å². The molecule has 108 valence electrons. The minimum absolute atomic E-state index is 0.252. The van der Waals surface area contributed by atoms with Crippen LogP contribution in [0.2, 0.25) is 0 Å². The average Bonchev–Trinajstić information content (AvgIpc) is 2.95. The van der Waals surface area contributed by atoms with Gasteiger partial charge in [0, 0.05) is 0 Å². The van der Waals surface area contributed by atoms with Crippen molar-refractivity contribution in [1.82, 2.24) is 10.6 Å². The molecule has 0 aliphatic heterocycles. The third kappa shape index (κ3) is 4.32. The van der Waals surface area contributed by atoms with E-state index in [2.05, 4.69) is 10.6 Å². The average molecular weight is 272 g/mol.